The van der Waals surface area contributed by atoms with Gasteiger partial charge in [0.15, 0.2) is 0 Å². The predicted octanol–water partition coefficient (Wildman–Crippen LogP) is 3.07. The highest BCUT2D eigenvalue weighted by Crippen LogP contribution is 2.34. The Hall–Kier alpha value is -2.25. The fraction of sp³-hybridized carbons (Fsp3) is 0.429. The van der Waals surface area contributed by atoms with Gasteiger partial charge in [0, 0.05) is 19.3 Å². The van der Waals surface area contributed by atoms with Crippen LogP contribution in [-0.2, 0) is 14.8 Å². The highest BCUT2D eigenvalue weighted by molar-refractivity contribution is 7.89. The SMILES string of the molecule is Cc1ccc(S(=O)(=O)N(C)CC(=O)N(C2CC2)C(C)c2ccccn2)cc1C. The molecule has 0 aliphatic heterocycles. The van der Waals surface area contributed by atoms with E-state index in [2.05, 4.69) is 4.98 Å². The number of benzene rings is 1. The van der Waals surface area contributed by atoms with Gasteiger partial charge in [0.05, 0.1) is 23.2 Å². The first-order valence-corrected chi connectivity index (χ1v) is 10.9. The standard InChI is InChI=1S/C21H27N3O3S/c1-15-8-11-19(13-16(15)2)28(26,27)23(4)14-21(25)24(18-9-10-18)17(3)20-7-5-6-12-22-20/h5-8,11-13,17-18H,9-10,14H2,1-4H3. The number of nitrogens with zero attached hydrogens (tertiary/aromatic N) is 3. The molecule has 1 fully saturated rings. The Bertz CT molecular complexity index is 956. The van der Waals surface area contributed by atoms with Crippen molar-refractivity contribution >= 4 is 15.9 Å². The minimum absolute atomic E-state index is 0.155. The van der Waals surface area contributed by atoms with Crippen LogP contribution in [0.2, 0.25) is 0 Å². The average molecular weight is 402 g/mol. The minimum atomic E-state index is -3.73. The van der Waals surface area contributed by atoms with E-state index in [4.69, 9.17) is 0 Å². The Kier molecular flexibility index (Phi) is 5.86. The molecule has 1 atom stereocenters. The summed E-state index contributed by atoms with van der Waals surface area (Å²) in [5, 5.41) is 0. The lowest BCUT2D eigenvalue weighted by molar-refractivity contribution is -0.134. The summed E-state index contributed by atoms with van der Waals surface area (Å²) in [7, 11) is -2.27. The van der Waals surface area contributed by atoms with E-state index in [9.17, 15) is 13.2 Å². The van der Waals surface area contributed by atoms with Gasteiger partial charge in [0.2, 0.25) is 15.9 Å². The van der Waals surface area contributed by atoms with E-state index in [0.717, 1.165) is 34.0 Å². The molecule has 3 rings (SSSR count). The summed E-state index contributed by atoms with van der Waals surface area (Å²) in [4.78, 5) is 19.4. The van der Waals surface area contributed by atoms with Gasteiger partial charge in [-0.1, -0.05) is 12.1 Å². The maximum Gasteiger partial charge on any atom is 0.243 e. The van der Waals surface area contributed by atoms with Crippen molar-refractivity contribution in [3.05, 3.63) is 59.4 Å². The number of aryl methyl sites for hydroxylation is 2. The zero-order valence-electron chi connectivity index (χ0n) is 16.8. The maximum atomic E-state index is 13.0. The molecule has 1 aromatic heterocycles. The molecule has 1 aliphatic carbocycles. The van der Waals surface area contributed by atoms with Crippen LogP contribution >= 0.6 is 0 Å². The molecule has 1 unspecified atom stereocenters. The van der Waals surface area contributed by atoms with Crippen LogP contribution in [0.25, 0.3) is 0 Å². The molecule has 1 heterocycles. The van der Waals surface area contributed by atoms with Crippen LogP contribution in [0.15, 0.2) is 47.5 Å². The van der Waals surface area contributed by atoms with Gasteiger partial charge in [-0.05, 0) is 69.0 Å². The van der Waals surface area contributed by atoms with E-state index in [1.54, 1.807) is 29.3 Å². The highest BCUT2D eigenvalue weighted by Gasteiger charge is 2.38. The largest absolute Gasteiger partial charge is 0.330 e. The number of amides is 1. The topological polar surface area (TPSA) is 70.6 Å². The molecule has 0 radical (unpaired) electrons. The second-order valence-electron chi connectivity index (χ2n) is 7.47. The molecule has 7 heteroatoms. The number of pyridine rings is 1. The zero-order valence-corrected chi connectivity index (χ0v) is 17.6. The second kappa shape index (κ2) is 8.01. The van der Waals surface area contributed by atoms with Gasteiger partial charge in [-0.2, -0.15) is 4.31 Å². The molecular formula is C21H27N3O3S. The van der Waals surface area contributed by atoms with Crippen LogP contribution in [0.3, 0.4) is 0 Å². The van der Waals surface area contributed by atoms with E-state index in [1.807, 2.05) is 39.0 Å². The first kappa shape index (κ1) is 20.5. The number of likely N-dealkylation sites (N-methyl/N-ethyl adjacent to an activating group) is 1. The van der Waals surface area contributed by atoms with Crippen LogP contribution < -0.4 is 0 Å². The first-order chi connectivity index (χ1) is 13.2. The molecule has 0 spiro atoms. The number of hydrogen-bond acceptors (Lipinski definition) is 4. The third-order valence-electron chi connectivity index (χ3n) is 5.31. The number of carbonyl (C=O) groups is 1. The Labute approximate surface area is 167 Å². The molecule has 0 N–H and O–H groups in total. The summed E-state index contributed by atoms with van der Waals surface area (Å²) in [6, 6.07) is 10.6. The van der Waals surface area contributed by atoms with Crippen molar-refractivity contribution in [1.82, 2.24) is 14.2 Å². The predicted molar refractivity (Wildman–Crippen MR) is 108 cm³/mol. The third-order valence-corrected chi connectivity index (χ3v) is 7.11. The maximum absolute atomic E-state index is 13.0. The Morgan fingerprint density at radius 3 is 2.46 bits per heavy atom. The van der Waals surface area contributed by atoms with Crippen LogP contribution in [0.1, 0.15) is 42.6 Å². The fourth-order valence-corrected chi connectivity index (χ4v) is 4.47. The third kappa shape index (κ3) is 4.25. The van der Waals surface area contributed by atoms with Gasteiger partial charge in [-0.25, -0.2) is 8.42 Å². The van der Waals surface area contributed by atoms with Crippen molar-refractivity contribution in [3.63, 3.8) is 0 Å². The summed E-state index contributed by atoms with van der Waals surface area (Å²) < 4.78 is 27.0. The Balaban J connectivity index is 1.78. The number of aromatic nitrogens is 1. The lowest BCUT2D eigenvalue weighted by Crippen LogP contribution is -2.43. The van der Waals surface area contributed by atoms with Crippen LogP contribution in [-0.4, -0.2) is 48.1 Å². The van der Waals surface area contributed by atoms with Crippen molar-refractivity contribution in [2.45, 2.75) is 50.6 Å². The highest BCUT2D eigenvalue weighted by atomic mass is 32.2. The Morgan fingerprint density at radius 1 is 1.18 bits per heavy atom. The lowest BCUT2D eigenvalue weighted by atomic mass is 10.1. The van der Waals surface area contributed by atoms with Crippen LogP contribution in [0, 0.1) is 13.8 Å². The van der Waals surface area contributed by atoms with Gasteiger partial charge in [-0.3, -0.25) is 9.78 Å². The molecule has 150 valence electrons. The number of sulfonamides is 1. The van der Waals surface area contributed by atoms with Gasteiger partial charge >= 0.3 is 0 Å². The van der Waals surface area contributed by atoms with E-state index >= 15 is 0 Å². The fourth-order valence-electron chi connectivity index (χ4n) is 3.27. The van der Waals surface area contributed by atoms with Crippen LogP contribution in [0.5, 0.6) is 0 Å². The van der Waals surface area contributed by atoms with Gasteiger partial charge in [-0.15, -0.1) is 0 Å². The van der Waals surface area contributed by atoms with Crippen LogP contribution in [0.4, 0.5) is 0 Å². The minimum Gasteiger partial charge on any atom is -0.330 e. The van der Waals surface area contributed by atoms with Crippen molar-refractivity contribution in [3.8, 4) is 0 Å². The van der Waals surface area contributed by atoms with Crippen molar-refractivity contribution in [2.75, 3.05) is 13.6 Å². The number of rotatable bonds is 7. The van der Waals surface area contributed by atoms with E-state index in [1.165, 1.54) is 7.05 Å². The number of carbonyl (C=O) groups excluding carboxylic acids is 1. The van der Waals surface area contributed by atoms with Gasteiger partial charge in [0.1, 0.15) is 0 Å². The molecule has 2 aromatic rings. The molecular weight excluding hydrogens is 374 g/mol. The molecule has 0 bridgehead atoms. The second-order valence-corrected chi connectivity index (χ2v) is 9.51. The van der Waals surface area contributed by atoms with E-state index < -0.39 is 10.0 Å². The lowest BCUT2D eigenvalue weighted by Gasteiger charge is -2.30. The summed E-state index contributed by atoms with van der Waals surface area (Å²) >= 11 is 0. The summed E-state index contributed by atoms with van der Waals surface area (Å²) in [6.45, 7) is 5.56. The molecule has 1 amide bonds. The molecule has 0 saturated heterocycles. The monoisotopic (exact) mass is 401 g/mol. The van der Waals surface area contributed by atoms with Crippen molar-refractivity contribution in [2.24, 2.45) is 0 Å². The molecule has 1 saturated carbocycles. The van der Waals surface area contributed by atoms with E-state index in [-0.39, 0.29) is 29.4 Å². The number of hydrogen-bond donors (Lipinski definition) is 0. The molecule has 1 aromatic carbocycles. The summed E-state index contributed by atoms with van der Waals surface area (Å²) in [5.41, 5.74) is 2.74. The van der Waals surface area contributed by atoms with Gasteiger partial charge in [0.25, 0.3) is 0 Å². The van der Waals surface area contributed by atoms with Crippen molar-refractivity contribution < 1.29 is 13.2 Å². The molecule has 6 nitrogen and oxygen atoms in total. The molecule has 28 heavy (non-hydrogen) atoms. The summed E-state index contributed by atoms with van der Waals surface area (Å²) in [5.74, 6) is -0.199. The Morgan fingerprint density at radius 2 is 1.89 bits per heavy atom. The smallest absolute Gasteiger partial charge is 0.243 e. The zero-order chi connectivity index (χ0) is 20.5. The van der Waals surface area contributed by atoms with E-state index in [0.29, 0.717) is 0 Å². The average Bonchev–Trinajstić information content (AvgIpc) is 3.49. The molecule has 1 aliphatic rings. The first-order valence-electron chi connectivity index (χ1n) is 9.47. The summed E-state index contributed by atoms with van der Waals surface area (Å²) in [6.07, 6.45) is 3.59. The quantitative estimate of drug-likeness (QED) is 0.715. The van der Waals surface area contributed by atoms with Crippen molar-refractivity contribution in [1.29, 1.82) is 0 Å². The normalized spacial score (nSPS) is 15.5. The van der Waals surface area contributed by atoms with Gasteiger partial charge < -0.3 is 4.90 Å².